The van der Waals surface area contributed by atoms with Crippen LogP contribution in [0.4, 0.5) is 5.95 Å². The fourth-order valence-electron chi connectivity index (χ4n) is 4.86. The highest BCUT2D eigenvalue weighted by Gasteiger charge is 2.29. The molecule has 4 heterocycles. The number of aliphatic hydroxyl groups excluding tert-OH is 1. The molecule has 2 N–H and O–H groups in total. The van der Waals surface area contributed by atoms with Crippen molar-refractivity contribution in [2.45, 2.75) is 51.3 Å². The van der Waals surface area contributed by atoms with Gasteiger partial charge >= 0.3 is 0 Å². The largest absolute Gasteiger partial charge is 0.388 e. The van der Waals surface area contributed by atoms with Gasteiger partial charge in [-0.2, -0.15) is 5.26 Å². The first kappa shape index (κ1) is 22.1. The summed E-state index contributed by atoms with van der Waals surface area (Å²) < 4.78 is 7.59. The summed E-state index contributed by atoms with van der Waals surface area (Å²) in [6, 6.07) is 5.42. The van der Waals surface area contributed by atoms with Crippen molar-refractivity contribution in [1.82, 2.24) is 19.5 Å². The average Bonchev–Trinajstić information content (AvgIpc) is 3.37. The van der Waals surface area contributed by atoms with Crippen LogP contribution < -0.4 is 5.32 Å². The van der Waals surface area contributed by atoms with Crippen LogP contribution in [0.5, 0.6) is 0 Å². The van der Waals surface area contributed by atoms with Crippen LogP contribution in [0.3, 0.4) is 0 Å². The van der Waals surface area contributed by atoms with Gasteiger partial charge in [-0.05, 0) is 30.7 Å². The molecule has 0 aromatic carbocycles. The molecule has 1 saturated heterocycles. The molecule has 2 aliphatic rings. The Morgan fingerprint density at radius 3 is 2.73 bits per heavy atom. The Morgan fingerprint density at radius 1 is 1.21 bits per heavy atom. The maximum atomic E-state index is 10.3. The van der Waals surface area contributed by atoms with E-state index in [4.69, 9.17) is 21.3 Å². The number of ether oxygens (including phenoxy) is 1. The van der Waals surface area contributed by atoms with E-state index in [1.54, 1.807) is 24.5 Å². The number of aromatic nitrogens is 4. The number of hydrogen-bond acceptors (Lipinski definition) is 7. The summed E-state index contributed by atoms with van der Waals surface area (Å²) in [6.07, 6.45) is 7.44. The summed E-state index contributed by atoms with van der Waals surface area (Å²) in [5.74, 6) is 1.94. The molecule has 1 saturated carbocycles. The molecule has 1 aliphatic heterocycles. The maximum Gasteiger partial charge on any atom is 0.204 e. The number of halogens is 1. The third kappa shape index (κ3) is 4.54. The summed E-state index contributed by atoms with van der Waals surface area (Å²) in [7, 11) is 0. The smallest absolute Gasteiger partial charge is 0.204 e. The van der Waals surface area contributed by atoms with Gasteiger partial charge in [-0.3, -0.25) is 4.98 Å². The van der Waals surface area contributed by atoms with Crippen molar-refractivity contribution in [3.63, 3.8) is 0 Å². The molecule has 172 valence electrons. The molecule has 0 amide bonds. The van der Waals surface area contributed by atoms with Gasteiger partial charge < -0.3 is 19.7 Å². The maximum absolute atomic E-state index is 10.3. The molecule has 5 rings (SSSR count). The molecule has 0 bridgehead atoms. The fourth-order valence-corrected chi connectivity index (χ4v) is 5.03. The number of nitrogens with zero attached hydrogens (tertiary/aromatic N) is 5. The van der Waals surface area contributed by atoms with E-state index < -0.39 is 6.10 Å². The number of nitriles is 1. The molecule has 0 unspecified atom stereocenters. The second-order valence-electron chi connectivity index (χ2n) is 9.26. The number of hydrogen-bond donors (Lipinski definition) is 2. The molecular weight excluding hydrogens is 440 g/mol. The highest BCUT2D eigenvalue weighted by atomic mass is 35.5. The summed E-state index contributed by atoms with van der Waals surface area (Å²) in [4.78, 5) is 13.7. The van der Waals surface area contributed by atoms with Gasteiger partial charge in [0.2, 0.25) is 5.95 Å². The van der Waals surface area contributed by atoms with Gasteiger partial charge in [-0.1, -0.05) is 31.4 Å². The molecule has 0 spiro atoms. The van der Waals surface area contributed by atoms with E-state index in [9.17, 15) is 10.4 Å². The third-order valence-corrected chi connectivity index (χ3v) is 6.97. The number of nitrogens with one attached hydrogen (secondary N) is 1. The van der Waals surface area contributed by atoms with E-state index in [0.29, 0.717) is 41.3 Å². The van der Waals surface area contributed by atoms with Crippen molar-refractivity contribution < 1.29 is 9.84 Å². The van der Waals surface area contributed by atoms with Crippen LogP contribution in [0.2, 0.25) is 5.02 Å². The zero-order valence-corrected chi connectivity index (χ0v) is 19.3. The quantitative estimate of drug-likeness (QED) is 0.584. The Balaban J connectivity index is 1.65. The number of imidazole rings is 1. The Labute approximate surface area is 197 Å². The van der Waals surface area contributed by atoms with Crippen LogP contribution in [0, 0.1) is 23.2 Å². The number of fused-ring (bicyclic) bond motifs is 1. The predicted molar refractivity (Wildman–Crippen MR) is 126 cm³/mol. The molecule has 3 aromatic rings. The third-order valence-electron chi connectivity index (χ3n) is 6.76. The van der Waals surface area contributed by atoms with Gasteiger partial charge in [-0.25, -0.2) is 9.97 Å². The molecule has 8 nitrogen and oxygen atoms in total. The first-order valence-corrected chi connectivity index (χ1v) is 11.8. The second-order valence-corrected chi connectivity index (χ2v) is 9.69. The minimum absolute atomic E-state index is 0.244. The second kappa shape index (κ2) is 9.26. The van der Waals surface area contributed by atoms with E-state index >= 15 is 0 Å². The molecular formula is C24H27ClN6O2. The summed E-state index contributed by atoms with van der Waals surface area (Å²) in [5.41, 5.74) is 3.17. The predicted octanol–water partition coefficient (Wildman–Crippen LogP) is 4.02. The average molecular weight is 467 g/mol. The highest BCUT2D eigenvalue weighted by Crippen LogP contribution is 2.35. The van der Waals surface area contributed by atoms with E-state index in [1.165, 1.54) is 12.8 Å². The molecule has 3 aromatic heterocycles. The van der Waals surface area contributed by atoms with E-state index in [1.807, 2.05) is 0 Å². The van der Waals surface area contributed by atoms with Crippen LogP contribution >= 0.6 is 11.6 Å². The minimum Gasteiger partial charge on any atom is -0.388 e. The summed E-state index contributed by atoms with van der Waals surface area (Å²) in [6.45, 7) is 3.81. The highest BCUT2D eigenvalue weighted by molar-refractivity contribution is 6.30. The zero-order chi connectivity index (χ0) is 22.9. The van der Waals surface area contributed by atoms with Crippen molar-refractivity contribution in [1.29, 1.82) is 5.26 Å². The Bertz CT molecular complexity index is 1200. The lowest BCUT2D eigenvalue weighted by atomic mass is 9.83. The van der Waals surface area contributed by atoms with Gasteiger partial charge in [0.05, 0.1) is 47.1 Å². The lowest BCUT2D eigenvalue weighted by Gasteiger charge is -2.27. The van der Waals surface area contributed by atoms with Crippen molar-refractivity contribution in [3.8, 4) is 17.3 Å². The number of aliphatic hydroxyl groups is 1. The Hall–Kier alpha value is -2.73. The zero-order valence-electron chi connectivity index (χ0n) is 18.5. The molecule has 1 aliphatic carbocycles. The minimum atomic E-state index is -0.599. The Morgan fingerprint density at radius 2 is 2.03 bits per heavy atom. The van der Waals surface area contributed by atoms with Crippen LogP contribution in [-0.4, -0.2) is 50.0 Å². The standard InChI is InChI=1S/C24H27ClN6O2/c1-14-2-4-15(5-3-14)11-31-23-19(29-24(31)30-20-12-33-13-21(20)32)7-18(8-26)28-22(23)16-6-17(25)10-27-9-16/h6-7,9-10,14-15,20-21,32H,2-5,11-13H2,1H3,(H,29,30)/t14-,15-,20-,21-/m0/s1. The van der Waals surface area contributed by atoms with Gasteiger partial charge in [-0.15, -0.1) is 0 Å². The lowest BCUT2D eigenvalue weighted by molar-refractivity contribution is 0.125. The fraction of sp³-hybridized carbons (Fsp3) is 0.500. The van der Waals surface area contributed by atoms with Gasteiger partial charge in [0.25, 0.3) is 0 Å². The van der Waals surface area contributed by atoms with E-state index in [-0.39, 0.29) is 11.7 Å². The number of anilines is 1. The SMILES string of the molecule is C[C@H]1CC[C@H](Cn2c(N[C@H]3COC[C@@H]3O)nc3cc(C#N)nc(-c4cncc(Cl)c4)c32)CC1. The first-order chi connectivity index (χ1) is 16.0. The molecule has 9 heteroatoms. The number of pyridine rings is 2. The van der Waals surface area contributed by atoms with Gasteiger partial charge in [0.1, 0.15) is 11.8 Å². The van der Waals surface area contributed by atoms with Crippen LogP contribution in [-0.2, 0) is 11.3 Å². The topological polar surface area (TPSA) is 109 Å². The van der Waals surface area contributed by atoms with Crippen molar-refractivity contribution in [3.05, 3.63) is 35.2 Å². The van der Waals surface area contributed by atoms with E-state index in [2.05, 4.69) is 32.8 Å². The van der Waals surface area contributed by atoms with Crippen LogP contribution in [0.1, 0.15) is 38.3 Å². The van der Waals surface area contributed by atoms with Crippen LogP contribution in [0.25, 0.3) is 22.3 Å². The molecule has 33 heavy (non-hydrogen) atoms. The molecule has 2 fully saturated rings. The summed E-state index contributed by atoms with van der Waals surface area (Å²) >= 11 is 6.23. The van der Waals surface area contributed by atoms with Crippen molar-refractivity contribution in [2.24, 2.45) is 11.8 Å². The van der Waals surface area contributed by atoms with E-state index in [0.717, 1.165) is 36.4 Å². The number of rotatable bonds is 5. The van der Waals surface area contributed by atoms with Crippen molar-refractivity contribution in [2.75, 3.05) is 18.5 Å². The van der Waals surface area contributed by atoms with Gasteiger partial charge in [0, 0.05) is 30.6 Å². The molecule has 0 radical (unpaired) electrons. The van der Waals surface area contributed by atoms with Crippen molar-refractivity contribution >= 4 is 28.6 Å². The van der Waals surface area contributed by atoms with Crippen LogP contribution in [0.15, 0.2) is 24.5 Å². The molecule has 2 atom stereocenters. The monoisotopic (exact) mass is 466 g/mol. The Kier molecular flexibility index (Phi) is 6.19. The summed E-state index contributed by atoms with van der Waals surface area (Å²) in [5, 5.41) is 23.8. The lowest BCUT2D eigenvalue weighted by Crippen LogP contribution is -2.33. The normalized spacial score (nSPS) is 25.3. The van der Waals surface area contributed by atoms with Gasteiger partial charge in [0.15, 0.2) is 0 Å². The first-order valence-electron chi connectivity index (χ1n) is 11.5.